The van der Waals surface area contributed by atoms with Gasteiger partial charge in [0.05, 0.1) is 5.92 Å². The summed E-state index contributed by atoms with van der Waals surface area (Å²) in [6, 6.07) is 20.5. The van der Waals surface area contributed by atoms with Crippen LogP contribution in [0.3, 0.4) is 0 Å². The van der Waals surface area contributed by atoms with Crippen LogP contribution in [0.25, 0.3) is 0 Å². The quantitative estimate of drug-likeness (QED) is 0.768. The molecule has 79 valence electrons. The minimum atomic E-state index is 0.907. The standard InChI is InChI=1S/C15H12Br/c1-12(16)15(13-8-4-2-5-9-13)14-10-6-3-7-11-14/h2-11H,1H2. The number of rotatable bonds is 3. The van der Waals surface area contributed by atoms with Crippen molar-refractivity contribution in [3.8, 4) is 0 Å². The van der Waals surface area contributed by atoms with Crippen LogP contribution in [0, 0.1) is 5.92 Å². The maximum atomic E-state index is 3.99. The highest BCUT2D eigenvalue weighted by Gasteiger charge is 2.15. The molecule has 0 nitrogen and oxygen atoms in total. The van der Waals surface area contributed by atoms with Crippen LogP contribution in [0.5, 0.6) is 0 Å². The summed E-state index contributed by atoms with van der Waals surface area (Å²) in [5.41, 5.74) is 2.35. The Morgan fingerprint density at radius 3 is 1.44 bits per heavy atom. The molecule has 0 fully saturated rings. The van der Waals surface area contributed by atoms with Gasteiger partial charge in [0.1, 0.15) is 0 Å². The highest BCUT2D eigenvalue weighted by atomic mass is 79.9. The average molecular weight is 272 g/mol. The van der Waals surface area contributed by atoms with Crippen molar-refractivity contribution in [3.63, 3.8) is 0 Å². The van der Waals surface area contributed by atoms with Gasteiger partial charge in [0, 0.05) is 4.48 Å². The van der Waals surface area contributed by atoms with Crippen molar-refractivity contribution in [2.24, 2.45) is 0 Å². The summed E-state index contributed by atoms with van der Waals surface area (Å²) in [6.45, 7) is 3.99. The topological polar surface area (TPSA) is 0 Å². The molecule has 0 atom stereocenters. The average Bonchev–Trinajstić information content (AvgIpc) is 2.31. The first-order chi connectivity index (χ1) is 7.79. The van der Waals surface area contributed by atoms with Crippen LogP contribution < -0.4 is 0 Å². The Morgan fingerprint density at radius 1 is 0.750 bits per heavy atom. The van der Waals surface area contributed by atoms with Crippen LogP contribution >= 0.6 is 15.9 Å². The van der Waals surface area contributed by atoms with Crippen molar-refractivity contribution in [3.05, 3.63) is 88.8 Å². The van der Waals surface area contributed by atoms with E-state index >= 15 is 0 Å². The molecule has 0 aliphatic heterocycles. The maximum absolute atomic E-state index is 3.99. The first kappa shape index (κ1) is 11.2. The molecule has 0 heterocycles. The van der Waals surface area contributed by atoms with E-state index in [2.05, 4.69) is 46.8 Å². The lowest BCUT2D eigenvalue weighted by molar-refractivity contribution is 1.28. The van der Waals surface area contributed by atoms with Crippen molar-refractivity contribution >= 4 is 15.9 Å². The summed E-state index contributed by atoms with van der Waals surface area (Å²) >= 11 is 3.48. The highest BCUT2D eigenvalue weighted by molar-refractivity contribution is 9.11. The molecule has 0 aromatic heterocycles. The number of benzene rings is 2. The molecule has 0 amide bonds. The van der Waals surface area contributed by atoms with Gasteiger partial charge >= 0.3 is 0 Å². The second kappa shape index (κ2) is 5.13. The summed E-state index contributed by atoms with van der Waals surface area (Å²) in [5, 5.41) is 0. The maximum Gasteiger partial charge on any atom is 0.0694 e. The third-order valence-corrected chi connectivity index (χ3v) is 2.79. The van der Waals surface area contributed by atoms with Crippen LogP contribution in [-0.4, -0.2) is 0 Å². The lowest BCUT2D eigenvalue weighted by Gasteiger charge is -2.15. The smallest absolute Gasteiger partial charge is 0.0694 e. The minimum Gasteiger partial charge on any atom is -0.0875 e. The summed E-state index contributed by atoms with van der Waals surface area (Å²) in [6.07, 6.45) is 0. The van der Waals surface area contributed by atoms with Crippen molar-refractivity contribution in [1.82, 2.24) is 0 Å². The molecule has 0 saturated carbocycles. The number of allylic oxidation sites excluding steroid dienone is 1. The first-order valence-corrected chi connectivity index (χ1v) is 5.91. The van der Waals surface area contributed by atoms with Gasteiger partial charge in [-0.25, -0.2) is 0 Å². The van der Waals surface area contributed by atoms with Gasteiger partial charge in [-0.15, -0.1) is 0 Å². The Bertz CT molecular complexity index is 420. The zero-order valence-electron chi connectivity index (χ0n) is 8.86. The van der Waals surface area contributed by atoms with E-state index < -0.39 is 0 Å². The fraction of sp³-hybridized carbons (Fsp3) is 0. The van der Waals surface area contributed by atoms with Gasteiger partial charge in [-0.05, 0) is 11.1 Å². The van der Waals surface area contributed by atoms with Crippen molar-refractivity contribution in [2.75, 3.05) is 0 Å². The Kier molecular flexibility index (Phi) is 3.58. The van der Waals surface area contributed by atoms with E-state index in [0.29, 0.717) is 0 Å². The Morgan fingerprint density at radius 2 is 1.12 bits per heavy atom. The van der Waals surface area contributed by atoms with Crippen LogP contribution in [0.1, 0.15) is 11.1 Å². The first-order valence-electron chi connectivity index (χ1n) is 5.11. The molecule has 0 spiro atoms. The van der Waals surface area contributed by atoms with Gasteiger partial charge in [-0.1, -0.05) is 83.2 Å². The Balaban J connectivity index is 2.44. The van der Waals surface area contributed by atoms with Gasteiger partial charge in [0.25, 0.3) is 0 Å². The van der Waals surface area contributed by atoms with Crippen LogP contribution in [0.15, 0.2) is 71.7 Å². The van der Waals surface area contributed by atoms with E-state index in [1.807, 2.05) is 36.4 Å². The minimum absolute atomic E-state index is 0.907. The molecule has 16 heavy (non-hydrogen) atoms. The van der Waals surface area contributed by atoms with Crippen LogP contribution in [0.4, 0.5) is 0 Å². The van der Waals surface area contributed by atoms with Crippen molar-refractivity contribution < 1.29 is 0 Å². The van der Waals surface area contributed by atoms with E-state index in [4.69, 9.17) is 0 Å². The molecule has 2 aromatic rings. The van der Waals surface area contributed by atoms with E-state index in [1.54, 1.807) is 0 Å². The molecule has 0 N–H and O–H groups in total. The van der Waals surface area contributed by atoms with Crippen molar-refractivity contribution in [1.29, 1.82) is 0 Å². The lowest BCUT2D eigenvalue weighted by atomic mass is 9.91. The van der Waals surface area contributed by atoms with Gasteiger partial charge in [-0.2, -0.15) is 0 Å². The second-order valence-electron chi connectivity index (χ2n) is 3.51. The largest absolute Gasteiger partial charge is 0.0875 e. The molecule has 0 saturated heterocycles. The van der Waals surface area contributed by atoms with Gasteiger partial charge in [-0.3, -0.25) is 0 Å². The fourth-order valence-electron chi connectivity index (χ4n) is 1.69. The predicted octanol–water partition coefficient (Wildman–Crippen LogP) is 4.57. The molecular formula is C15H12Br. The van der Waals surface area contributed by atoms with Crippen LogP contribution in [-0.2, 0) is 0 Å². The molecule has 0 aliphatic rings. The summed E-state index contributed by atoms with van der Waals surface area (Å²) in [4.78, 5) is 0. The van der Waals surface area contributed by atoms with E-state index in [1.165, 1.54) is 11.1 Å². The zero-order valence-corrected chi connectivity index (χ0v) is 10.4. The third-order valence-electron chi connectivity index (χ3n) is 2.40. The molecular weight excluding hydrogens is 260 g/mol. The second-order valence-corrected chi connectivity index (χ2v) is 4.47. The zero-order chi connectivity index (χ0) is 11.4. The normalized spacial score (nSPS) is 10.4. The van der Waals surface area contributed by atoms with Gasteiger partial charge < -0.3 is 0 Å². The monoisotopic (exact) mass is 271 g/mol. The lowest BCUT2D eigenvalue weighted by Crippen LogP contribution is -2.01. The Labute approximate surface area is 105 Å². The molecule has 0 unspecified atom stereocenters. The van der Waals surface area contributed by atoms with Gasteiger partial charge in [0.15, 0.2) is 0 Å². The van der Waals surface area contributed by atoms with Gasteiger partial charge in [0.2, 0.25) is 0 Å². The molecule has 1 heteroatoms. The number of halogens is 1. The molecule has 0 aliphatic carbocycles. The summed E-state index contributed by atoms with van der Waals surface area (Å²) in [7, 11) is 0. The Hall–Kier alpha value is -1.34. The molecule has 2 aromatic carbocycles. The number of hydrogen-bond donors (Lipinski definition) is 0. The summed E-state index contributed by atoms with van der Waals surface area (Å²) in [5.74, 6) is 1.14. The van der Waals surface area contributed by atoms with E-state index in [0.717, 1.165) is 10.4 Å². The molecule has 0 bridgehead atoms. The SMILES string of the molecule is C=C(Br)[C](c1ccccc1)c1ccccc1. The molecule has 2 rings (SSSR count). The number of hydrogen-bond acceptors (Lipinski definition) is 0. The summed E-state index contributed by atoms with van der Waals surface area (Å²) < 4.78 is 0.907. The third kappa shape index (κ3) is 2.42. The van der Waals surface area contributed by atoms with E-state index in [9.17, 15) is 0 Å². The van der Waals surface area contributed by atoms with E-state index in [-0.39, 0.29) is 0 Å². The molecule has 1 radical (unpaired) electrons. The fourth-order valence-corrected chi connectivity index (χ4v) is 2.15. The predicted molar refractivity (Wildman–Crippen MR) is 72.4 cm³/mol. The van der Waals surface area contributed by atoms with Crippen molar-refractivity contribution in [2.45, 2.75) is 0 Å². The highest BCUT2D eigenvalue weighted by Crippen LogP contribution is 2.32. The van der Waals surface area contributed by atoms with Crippen LogP contribution in [0.2, 0.25) is 0 Å².